The van der Waals surface area contributed by atoms with Crippen molar-refractivity contribution in [3.8, 4) is 0 Å². The first-order valence-corrected chi connectivity index (χ1v) is 7.57. The summed E-state index contributed by atoms with van der Waals surface area (Å²) < 4.78 is 1.71. The Labute approximate surface area is 129 Å². The van der Waals surface area contributed by atoms with E-state index in [2.05, 4.69) is 31.9 Å². The van der Waals surface area contributed by atoms with Gasteiger partial charge < -0.3 is 9.80 Å². The zero-order valence-corrected chi connectivity index (χ0v) is 13.7. The average Bonchev–Trinajstić information content (AvgIpc) is 2.38. The SMILES string of the molecule is CC(=O)N1CCN(C(=O)c2ccc(Br)cc2Br)CC1. The van der Waals surface area contributed by atoms with E-state index in [-0.39, 0.29) is 11.8 Å². The smallest absolute Gasteiger partial charge is 0.255 e. The van der Waals surface area contributed by atoms with Gasteiger partial charge in [0.05, 0.1) is 5.56 Å². The maximum Gasteiger partial charge on any atom is 0.255 e. The van der Waals surface area contributed by atoms with Gasteiger partial charge in [0, 0.05) is 42.0 Å². The summed E-state index contributed by atoms with van der Waals surface area (Å²) in [5.41, 5.74) is 0.652. The maximum absolute atomic E-state index is 12.4. The van der Waals surface area contributed by atoms with Crippen LogP contribution < -0.4 is 0 Å². The predicted octanol–water partition coefficient (Wildman–Crippen LogP) is 2.52. The number of amides is 2. The Morgan fingerprint density at radius 2 is 1.63 bits per heavy atom. The molecule has 0 N–H and O–H groups in total. The number of carbonyl (C=O) groups is 2. The number of rotatable bonds is 1. The Morgan fingerprint density at radius 1 is 1.05 bits per heavy atom. The lowest BCUT2D eigenvalue weighted by Crippen LogP contribution is -2.50. The molecule has 1 aliphatic heterocycles. The van der Waals surface area contributed by atoms with E-state index in [1.807, 2.05) is 12.1 Å². The highest BCUT2D eigenvalue weighted by Crippen LogP contribution is 2.23. The summed E-state index contributed by atoms with van der Waals surface area (Å²) in [5, 5.41) is 0. The first-order valence-electron chi connectivity index (χ1n) is 5.99. The van der Waals surface area contributed by atoms with Crippen molar-refractivity contribution in [3.05, 3.63) is 32.7 Å². The van der Waals surface area contributed by atoms with Gasteiger partial charge in [-0.2, -0.15) is 0 Å². The maximum atomic E-state index is 12.4. The highest BCUT2D eigenvalue weighted by Gasteiger charge is 2.24. The second-order valence-electron chi connectivity index (χ2n) is 4.42. The van der Waals surface area contributed by atoms with Gasteiger partial charge in [0.25, 0.3) is 5.91 Å². The number of hydrogen-bond acceptors (Lipinski definition) is 2. The van der Waals surface area contributed by atoms with Gasteiger partial charge in [-0.15, -0.1) is 0 Å². The van der Waals surface area contributed by atoms with Crippen LogP contribution in [0.4, 0.5) is 0 Å². The topological polar surface area (TPSA) is 40.6 Å². The normalized spacial score (nSPS) is 15.5. The Balaban J connectivity index is 2.07. The lowest BCUT2D eigenvalue weighted by Gasteiger charge is -2.34. The fraction of sp³-hybridized carbons (Fsp3) is 0.385. The molecule has 1 saturated heterocycles. The van der Waals surface area contributed by atoms with Gasteiger partial charge in [0.1, 0.15) is 0 Å². The van der Waals surface area contributed by atoms with Crippen molar-refractivity contribution in [1.82, 2.24) is 9.80 Å². The summed E-state index contributed by atoms with van der Waals surface area (Å²) in [6, 6.07) is 5.51. The first kappa shape index (κ1) is 14.5. The van der Waals surface area contributed by atoms with Crippen LogP contribution in [0, 0.1) is 0 Å². The van der Waals surface area contributed by atoms with E-state index in [1.54, 1.807) is 22.8 Å². The number of benzene rings is 1. The lowest BCUT2D eigenvalue weighted by atomic mass is 10.2. The minimum Gasteiger partial charge on any atom is -0.339 e. The van der Waals surface area contributed by atoms with Gasteiger partial charge in [-0.25, -0.2) is 0 Å². The molecule has 102 valence electrons. The third-order valence-corrected chi connectivity index (χ3v) is 4.32. The fourth-order valence-electron chi connectivity index (χ4n) is 2.06. The number of carbonyl (C=O) groups excluding carboxylic acids is 2. The molecule has 0 unspecified atom stereocenters. The monoisotopic (exact) mass is 388 g/mol. The summed E-state index contributed by atoms with van der Waals surface area (Å²) in [7, 11) is 0. The van der Waals surface area contributed by atoms with Gasteiger partial charge in [-0.3, -0.25) is 9.59 Å². The first-order chi connectivity index (χ1) is 8.99. The molecule has 2 amide bonds. The van der Waals surface area contributed by atoms with Crippen molar-refractivity contribution in [2.24, 2.45) is 0 Å². The van der Waals surface area contributed by atoms with Gasteiger partial charge >= 0.3 is 0 Å². The van der Waals surface area contributed by atoms with Crippen molar-refractivity contribution in [3.63, 3.8) is 0 Å². The van der Waals surface area contributed by atoms with E-state index >= 15 is 0 Å². The molecule has 0 spiro atoms. The van der Waals surface area contributed by atoms with Crippen LogP contribution in [0.5, 0.6) is 0 Å². The number of hydrogen-bond donors (Lipinski definition) is 0. The third kappa shape index (κ3) is 3.36. The summed E-state index contributed by atoms with van der Waals surface area (Å²) in [6.45, 7) is 3.94. The molecule has 0 aromatic heterocycles. The Hall–Kier alpha value is -0.880. The molecule has 1 fully saturated rings. The van der Waals surface area contributed by atoms with Crippen LogP contribution in [0.2, 0.25) is 0 Å². The minimum atomic E-state index is 0.00239. The van der Waals surface area contributed by atoms with Crippen LogP contribution in [-0.2, 0) is 4.79 Å². The number of halogens is 2. The van der Waals surface area contributed by atoms with Crippen molar-refractivity contribution in [2.45, 2.75) is 6.92 Å². The van der Waals surface area contributed by atoms with Crippen LogP contribution in [0.3, 0.4) is 0 Å². The van der Waals surface area contributed by atoms with E-state index in [0.717, 1.165) is 8.95 Å². The lowest BCUT2D eigenvalue weighted by molar-refractivity contribution is -0.130. The van der Waals surface area contributed by atoms with Crippen LogP contribution in [-0.4, -0.2) is 47.8 Å². The summed E-state index contributed by atoms with van der Waals surface area (Å²) in [4.78, 5) is 27.2. The van der Waals surface area contributed by atoms with Crippen LogP contribution >= 0.6 is 31.9 Å². The number of piperazine rings is 1. The van der Waals surface area contributed by atoms with E-state index in [9.17, 15) is 9.59 Å². The van der Waals surface area contributed by atoms with E-state index in [1.165, 1.54) is 0 Å². The highest BCUT2D eigenvalue weighted by molar-refractivity contribution is 9.11. The molecule has 0 radical (unpaired) electrons. The third-order valence-electron chi connectivity index (χ3n) is 3.17. The van der Waals surface area contributed by atoms with Crippen LogP contribution in [0.1, 0.15) is 17.3 Å². The molecule has 1 aliphatic rings. The quantitative estimate of drug-likeness (QED) is 0.740. The second-order valence-corrected chi connectivity index (χ2v) is 6.19. The van der Waals surface area contributed by atoms with Crippen molar-refractivity contribution >= 4 is 43.7 Å². The molecule has 19 heavy (non-hydrogen) atoms. The van der Waals surface area contributed by atoms with Crippen molar-refractivity contribution < 1.29 is 9.59 Å². The van der Waals surface area contributed by atoms with Crippen LogP contribution in [0.25, 0.3) is 0 Å². The minimum absolute atomic E-state index is 0.00239. The molecular formula is C13H14Br2N2O2. The molecule has 0 aliphatic carbocycles. The molecule has 0 atom stereocenters. The molecule has 6 heteroatoms. The largest absolute Gasteiger partial charge is 0.339 e. The van der Waals surface area contributed by atoms with Gasteiger partial charge in [0.2, 0.25) is 5.91 Å². The highest BCUT2D eigenvalue weighted by atomic mass is 79.9. The molecule has 1 aromatic rings. The zero-order chi connectivity index (χ0) is 14.0. The van der Waals surface area contributed by atoms with E-state index in [4.69, 9.17) is 0 Å². The molecule has 1 heterocycles. The fourth-order valence-corrected chi connectivity index (χ4v) is 3.27. The zero-order valence-electron chi connectivity index (χ0n) is 10.5. The number of nitrogens with zero attached hydrogens (tertiary/aromatic N) is 2. The van der Waals surface area contributed by atoms with Gasteiger partial charge in [-0.1, -0.05) is 15.9 Å². The molecule has 0 saturated carbocycles. The van der Waals surface area contributed by atoms with Crippen LogP contribution in [0.15, 0.2) is 27.1 Å². The summed E-state index contributed by atoms with van der Waals surface area (Å²) >= 11 is 6.77. The summed E-state index contributed by atoms with van der Waals surface area (Å²) in [6.07, 6.45) is 0. The molecule has 1 aromatic carbocycles. The standard InChI is InChI=1S/C13H14Br2N2O2/c1-9(18)16-4-6-17(7-5-16)13(19)11-3-2-10(14)8-12(11)15/h2-3,8H,4-7H2,1H3. The Kier molecular flexibility index (Phi) is 4.62. The molecule has 2 rings (SSSR count). The molecular weight excluding hydrogens is 376 g/mol. The summed E-state index contributed by atoms with van der Waals surface area (Å²) in [5.74, 6) is 0.0690. The van der Waals surface area contributed by atoms with Gasteiger partial charge in [0.15, 0.2) is 0 Å². The predicted molar refractivity (Wildman–Crippen MR) is 80.0 cm³/mol. The van der Waals surface area contributed by atoms with Gasteiger partial charge in [-0.05, 0) is 34.1 Å². The molecule has 4 nitrogen and oxygen atoms in total. The Bertz CT molecular complexity index is 511. The van der Waals surface area contributed by atoms with Crippen molar-refractivity contribution in [2.75, 3.05) is 26.2 Å². The Morgan fingerprint density at radius 3 is 2.16 bits per heavy atom. The average molecular weight is 390 g/mol. The van der Waals surface area contributed by atoms with E-state index in [0.29, 0.717) is 31.7 Å². The second kappa shape index (κ2) is 6.05. The van der Waals surface area contributed by atoms with E-state index < -0.39 is 0 Å². The molecule has 0 bridgehead atoms. The van der Waals surface area contributed by atoms with Crippen molar-refractivity contribution in [1.29, 1.82) is 0 Å².